The summed E-state index contributed by atoms with van der Waals surface area (Å²) in [5, 5.41) is 4.08. The predicted octanol–water partition coefficient (Wildman–Crippen LogP) is 3.17. The third-order valence-electron chi connectivity index (χ3n) is 3.81. The first-order chi connectivity index (χ1) is 6.84. The summed E-state index contributed by atoms with van der Waals surface area (Å²) < 4.78 is 0. The van der Waals surface area contributed by atoms with Crippen molar-refractivity contribution in [1.29, 1.82) is 0 Å². The van der Waals surface area contributed by atoms with Crippen molar-refractivity contribution in [1.82, 2.24) is 5.32 Å². The van der Waals surface area contributed by atoms with Crippen LogP contribution in [-0.4, -0.2) is 18.5 Å². The minimum absolute atomic E-state index is 0.458. The summed E-state index contributed by atoms with van der Waals surface area (Å²) in [5.41, 5.74) is 0. The molecule has 2 fully saturated rings. The minimum atomic E-state index is 0.458. The molecule has 0 saturated heterocycles. The van der Waals surface area contributed by atoms with Crippen LogP contribution in [0.15, 0.2) is 0 Å². The van der Waals surface area contributed by atoms with Gasteiger partial charge in [0.05, 0.1) is 0 Å². The van der Waals surface area contributed by atoms with E-state index >= 15 is 0 Å². The van der Waals surface area contributed by atoms with Gasteiger partial charge in [-0.05, 0) is 57.0 Å². The van der Waals surface area contributed by atoms with Gasteiger partial charge in [0, 0.05) is 5.38 Å². The molecule has 0 aromatic heterocycles. The molecule has 2 unspecified atom stereocenters. The van der Waals surface area contributed by atoms with Crippen LogP contribution in [0, 0.1) is 11.8 Å². The van der Waals surface area contributed by atoms with Gasteiger partial charge in [-0.3, -0.25) is 0 Å². The smallest absolute Gasteiger partial charge is 0.0339 e. The molecule has 1 N–H and O–H groups in total. The second-order valence-electron chi connectivity index (χ2n) is 5.09. The highest BCUT2D eigenvalue weighted by Gasteiger charge is 2.21. The maximum absolute atomic E-state index is 6.16. The lowest BCUT2D eigenvalue weighted by Crippen LogP contribution is -2.33. The van der Waals surface area contributed by atoms with Crippen LogP contribution < -0.4 is 5.32 Å². The van der Waals surface area contributed by atoms with Gasteiger partial charge in [-0.15, -0.1) is 11.6 Å². The van der Waals surface area contributed by atoms with Crippen molar-refractivity contribution in [3.05, 3.63) is 0 Å². The summed E-state index contributed by atoms with van der Waals surface area (Å²) in [5.74, 6) is 1.84. The number of hydrogen-bond acceptors (Lipinski definition) is 1. The standard InChI is InChI=1S/C12H22ClN/c13-12-6-2-5-11(7-12)9-14-8-10-3-1-4-10/h10-12,14H,1-9H2. The summed E-state index contributed by atoms with van der Waals surface area (Å²) in [6.45, 7) is 2.46. The van der Waals surface area contributed by atoms with E-state index in [1.165, 1.54) is 58.0 Å². The van der Waals surface area contributed by atoms with Crippen LogP contribution in [0.2, 0.25) is 0 Å². The van der Waals surface area contributed by atoms with Crippen molar-refractivity contribution < 1.29 is 0 Å². The Labute approximate surface area is 92.6 Å². The van der Waals surface area contributed by atoms with E-state index in [9.17, 15) is 0 Å². The summed E-state index contributed by atoms with van der Waals surface area (Å²) in [7, 11) is 0. The van der Waals surface area contributed by atoms with Gasteiger partial charge in [-0.2, -0.15) is 0 Å². The van der Waals surface area contributed by atoms with Crippen molar-refractivity contribution in [2.24, 2.45) is 11.8 Å². The van der Waals surface area contributed by atoms with E-state index in [0.717, 1.165) is 11.8 Å². The van der Waals surface area contributed by atoms with Gasteiger partial charge in [0.25, 0.3) is 0 Å². The van der Waals surface area contributed by atoms with Crippen LogP contribution >= 0.6 is 11.6 Å². The molecule has 0 bridgehead atoms. The molecule has 14 heavy (non-hydrogen) atoms. The van der Waals surface area contributed by atoms with Crippen molar-refractivity contribution in [3.63, 3.8) is 0 Å². The average Bonchev–Trinajstić information content (AvgIpc) is 2.09. The molecular formula is C12H22ClN. The average molecular weight is 216 g/mol. The second-order valence-corrected chi connectivity index (χ2v) is 5.70. The lowest BCUT2D eigenvalue weighted by atomic mass is 9.85. The summed E-state index contributed by atoms with van der Waals surface area (Å²) in [6.07, 6.45) is 9.57. The highest BCUT2D eigenvalue weighted by atomic mass is 35.5. The topological polar surface area (TPSA) is 12.0 Å². The molecule has 0 radical (unpaired) electrons. The molecule has 0 spiro atoms. The molecule has 0 aromatic carbocycles. The highest BCUT2D eigenvalue weighted by Crippen LogP contribution is 2.28. The largest absolute Gasteiger partial charge is 0.316 e. The number of nitrogens with one attached hydrogen (secondary N) is 1. The van der Waals surface area contributed by atoms with Gasteiger partial charge >= 0.3 is 0 Å². The molecule has 0 aliphatic heterocycles. The zero-order chi connectivity index (χ0) is 9.80. The molecule has 2 atom stereocenters. The van der Waals surface area contributed by atoms with Gasteiger partial charge in [-0.25, -0.2) is 0 Å². The Morgan fingerprint density at radius 1 is 0.929 bits per heavy atom. The number of hydrogen-bond donors (Lipinski definition) is 1. The van der Waals surface area contributed by atoms with Crippen molar-refractivity contribution in [3.8, 4) is 0 Å². The Balaban J connectivity index is 1.55. The predicted molar refractivity (Wildman–Crippen MR) is 61.8 cm³/mol. The van der Waals surface area contributed by atoms with Crippen molar-refractivity contribution >= 4 is 11.6 Å². The molecule has 2 rings (SSSR count). The fourth-order valence-electron chi connectivity index (χ4n) is 2.60. The molecule has 2 saturated carbocycles. The van der Waals surface area contributed by atoms with E-state index in [1.54, 1.807) is 0 Å². The molecule has 82 valence electrons. The Bertz CT molecular complexity index is 168. The SMILES string of the molecule is ClC1CCCC(CNCC2CCC2)C1. The van der Waals surface area contributed by atoms with Gasteiger partial charge in [0.1, 0.15) is 0 Å². The number of rotatable bonds is 4. The monoisotopic (exact) mass is 215 g/mol. The van der Waals surface area contributed by atoms with E-state index in [2.05, 4.69) is 5.32 Å². The molecule has 2 aliphatic carbocycles. The lowest BCUT2D eigenvalue weighted by molar-refractivity contribution is 0.280. The van der Waals surface area contributed by atoms with E-state index in [1.807, 2.05) is 0 Å². The van der Waals surface area contributed by atoms with Crippen molar-refractivity contribution in [2.75, 3.05) is 13.1 Å². The fraction of sp³-hybridized carbons (Fsp3) is 1.00. The summed E-state index contributed by atoms with van der Waals surface area (Å²) >= 11 is 6.16. The van der Waals surface area contributed by atoms with Crippen LogP contribution in [0.5, 0.6) is 0 Å². The van der Waals surface area contributed by atoms with E-state index in [0.29, 0.717) is 5.38 Å². The van der Waals surface area contributed by atoms with Crippen molar-refractivity contribution in [2.45, 2.75) is 50.3 Å². The van der Waals surface area contributed by atoms with Gasteiger partial charge in [0.15, 0.2) is 0 Å². The van der Waals surface area contributed by atoms with E-state index in [4.69, 9.17) is 11.6 Å². The quantitative estimate of drug-likeness (QED) is 0.711. The number of halogens is 1. The number of alkyl halides is 1. The van der Waals surface area contributed by atoms with Crippen LogP contribution in [-0.2, 0) is 0 Å². The first-order valence-corrected chi connectivity index (χ1v) is 6.63. The Hall–Kier alpha value is 0.250. The molecule has 0 heterocycles. The van der Waals surface area contributed by atoms with Crippen LogP contribution in [0.4, 0.5) is 0 Å². The molecule has 1 nitrogen and oxygen atoms in total. The van der Waals surface area contributed by atoms with E-state index in [-0.39, 0.29) is 0 Å². The Kier molecular flexibility index (Phi) is 4.12. The Morgan fingerprint density at radius 2 is 1.57 bits per heavy atom. The first kappa shape index (κ1) is 10.8. The maximum atomic E-state index is 6.16. The van der Waals surface area contributed by atoms with Gasteiger partial charge in [0.2, 0.25) is 0 Å². The minimum Gasteiger partial charge on any atom is -0.316 e. The molecule has 0 amide bonds. The molecular weight excluding hydrogens is 194 g/mol. The normalized spacial score (nSPS) is 34.1. The zero-order valence-electron chi connectivity index (χ0n) is 8.97. The molecule has 2 aliphatic rings. The zero-order valence-corrected chi connectivity index (χ0v) is 9.73. The summed E-state index contributed by atoms with van der Waals surface area (Å²) in [4.78, 5) is 0. The third kappa shape index (κ3) is 3.13. The van der Waals surface area contributed by atoms with E-state index < -0.39 is 0 Å². The van der Waals surface area contributed by atoms with Crippen LogP contribution in [0.25, 0.3) is 0 Å². The summed E-state index contributed by atoms with van der Waals surface area (Å²) in [6, 6.07) is 0. The first-order valence-electron chi connectivity index (χ1n) is 6.19. The highest BCUT2D eigenvalue weighted by molar-refractivity contribution is 6.20. The fourth-order valence-corrected chi connectivity index (χ4v) is 3.01. The second kappa shape index (κ2) is 5.37. The Morgan fingerprint density at radius 3 is 2.21 bits per heavy atom. The third-order valence-corrected chi connectivity index (χ3v) is 4.21. The molecule has 2 heteroatoms. The van der Waals surface area contributed by atoms with Gasteiger partial charge < -0.3 is 5.32 Å². The molecule has 0 aromatic rings. The van der Waals surface area contributed by atoms with Gasteiger partial charge in [-0.1, -0.05) is 12.8 Å². The maximum Gasteiger partial charge on any atom is 0.0339 e. The lowest BCUT2D eigenvalue weighted by Gasteiger charge is -2.29. The van der Waals surface area contributed by atoms with Crippen LogP contribution in [0.1, 0.15) is 44.9 Å². The van der Waals surface area contributed by atoms with Crippen LogP contribution in [0.3, 0.4) is 0 Å².